The predicted molar refractivity (Wildman–Crippen MR) is 92.5 cm³/mol. The van der Waals surface area contributed by atoms with Crippen LogP contribution in [0.25, 0.3) is 0 Å². The van der Waals surface area contributed by atoms with Gasteiger partial charge in [-0.2, -0.15) is 0 Å². The van der Waals surface area contributed by atoms with Crippen LogP contribution < -0.4 is 5.32 Å². The van der Waals surface area contributed by atoms with Gasteiger partial charge in [-0.3, -0.25) is 4.79 Å². The van der Waals surface area contributed by atoms with E-state index in [1.807, 2.05) is 0 Å². The molecule has 4 heteroatoms. The van der Waals surface area contributed by atoms with Gasteiger partial charge < -0.3 is 10.4 Å². The first-order chi connectivity index (χ1) is 10.5. The molecule has 0 radical (unpaired) electrons. The van der Waals surface area contributed by atoms with Crippen LogP contribution in [0.15, 0.2) is 6.07 Å². The highest BCUT2D eigenvalue weighted by Gasteiger charge is 2.21. The molecule has 0 saturated heterocycles. The fourth-order valence-corrected chi connectivity index (χ4v) is 4.42. The Labute approximate surface area is 138 Å². The van der Waals surface area contributed by atoms with Crippen molar-refractivity contribution >= 4 is 17.2 Å². The second-order valence-corrected chi connectivity index (χ2v) is 8.26. The van der Waals surface area contributed by atoms with E-state index >= 15 is 0 Å². The Bertz CT molecular complexity index is 495. The van der Waals surface area contributed by atoms with E-state index in [0.717, 1.165) is 36.5 Å². The van der Waals surface area contributed by atoms with Crippen LogP contribution in [-0.4, -0.2) is 24.2 Å². The number of amides is 1. The van der Waals surface area contributed by atoms with Crippen molar-refractivity contribution in [2.45, 2.75) is 52.9 Å². The van der Waals surface area contributed by atoms with Crippen molar-refractivity contribution in [3.63, 3.8) is 0 Å². The van der Waals surface area contributed by atoms with E-state index < -0.39 is 0 Å². The minimum absolute atomic E-state index is 0.0544. The van der Waals surface area contributed by atoms with Crippen molar-refractivity contribution in [2.24, 2.45) is 17.8 Å². The van der Waals surface area contributed by atoms with E-state index in [9.17, 15) is 4.79 Å². The largest absolute Gasteiger partial charge is 0.396 e. The number of fused-ring (bicyclic) bond motifs is 1. The third-order valence-corrected chi connectivity index (χ3v) is 5.68. The zero-order chi connectivity index (χ0) is 16.1. The lowest BCUT2D eigenvalue weighted by molar-refractivity contribution is 0.0945. The first-order valence-electron chi connectivity index (χ1n) is 8.50. The molecule has 22 heavy (non-hydrogen) atoms. The number of hydrogen-bond donors (Lipinski definition) is 2. The summed E-state index contributed by atoms with van der Waals surface area (Å²) < 4.78 is 0. The quantitative estimate of drug-likeness (QED) is 0.805. The Morgan fingerprint density at radius 2 is 2.27 bits per heavy atom. The summed E-state index contributed by atoms with van der Waals surface area (Å²) in [6.07, 6.45) is 5.27. The van der Waals surface area contributed by atoms with Crippen LogP contribution in [0.5, 0.6) is 0 Å². The molecule has 0 aliphatic heterocycles. The number of aliphatic hydroxyl groups excluding tert-OH is 1. The Morgan fingerprint density at radius 1 is 1.50 bits per heavy atom. The molecule has 0 spiro atoms. The topological polar surface area (TPSA) is 49.3 Å². The molecule has 3 nitrogen and oxygen atoms in total. The molecular formula is C18H29NO2S. The smallest absolute Gasteiger partial charge is 0.261 e. The van der Waals surface area contributed by atoms with E-state index in [4.69, 9.17) is 5.11 Å². The Hall–Kier alpha value is -0.870. The number of hydrogen-bond acceptors (Lipinski definition) is 3. The minimum atomic E-state index is 0.0544. The van der Waals surface area contributed by atoms with Crippen LogP contribution >= 0.6 is 11.3 Å². The molecule has 2 atom stereocenters. The summed E-state index contributed by atoms with van der Waals surface area (Å²) in [4.78, 5) is 14.6. The summed E-state index contributed by atoms with van der Waals surface area (Å²) in [5.74, 6) is 1.74. The first-order valence-corrected chi connectivity index (χ1v) is 9.31. The molecule has 1 heterocycles. The standard InChI is InChI=1S/C18H29NO2S/c1-12(2)8-14(6-7-20)11-19-18(21)17-10-15-9-13(3)4-5-16(15)22-17/h10,12-14,20H,4-9,11H2,1-3H3,(H,19,21)/t13-,14-/m1/s1. The number of aliphatic hydroxyl groups is 1. The van der Waals surface area contributed by atoms with Gasteiger partial charge in [0.15, 0.2) is 0 Å². The summed E-state index contributed by atoms with van der Waals surface area (Å²) in [6, 6.07) is 2.09. The predicted octanol–water partition coefficient (Wildman–Crippen LogP) is 3.65. The summed E-state index contributed by atoms with van der Waals surface area (Å²) in [5, 5.41) is 12.2. The van der Waals surface area contributed by atoms with Gasteiger partial charge in [0.25, 0.3) is 5.91 Å². The number of thiophene rings is 1. The molecule has 2 rings (SSSR count). The van der Waals surface area contributed by atoms with Crippen LogP contribution in [0.1, 0.15) is 60.1 Å². The van der Waals surface area contributed by atoms with Gasteiger partial charge in [-0.05, 0) is 61.5 Å². The maximum Gasteiger partial charge on any atom is 0.261 e. The second-order valence-electron chi connectivity index (χ2n) is 7.12. The van der Waals surface area contributed by atoms with E-state index in [0.29, 0.717) is 18.4 Å². The highest BCUT2D eigenvalue weighted by molar-refractivity contribution is 7.14. The maximum atomic E-state index is 12.4. The zero-order valence-corrected chi connectivity index (χ0v) is 14.8. The molecule has 0 saturated carbocycles. The van der Waals surface area contributed by atoms with Gasteiger partial charge in [-0.25, -0.2) is 0 Å². The van der Waals surface area contributed by atoms with Crippen LogP contribution in [0, 0.1) is 17.8 Å². The Morgan fingerprint density at radius 3 is 2.95 bits per heavy atom. The average Bonchev–Trinajstić information content (AvgIpc) is 2.87. The van der Waals surface area contributed by atoms with Crippen molar-refractivity contribution in [1.29, 1.82) is 0 Å². The maximum absolute atomic E-state index is 12.4. The van der Waals surface area contributed by atoms with Crippen LogP contribution in [0.2, 0.25) is 0 Å². The normalized spacial score (nSPS) is 19.0. The molecule has 0 unspecified atom stereocenters. The molecule has 1 aliphatic rings. The molecule has 1 aromatic rings. The lowest BCUT2D eigenvalue weighted by Gasteiger charge is -2.18. The molecule has 1 aromatic heterocycles. The lowest BCUT2D eigenvalue weighted by Crippen LogP contribution is -2.30. The molecule has 1 aliphatic carbocycles. The molecule has 124 valence electrons. The van der Waals surface area contributed by atoms with Crippen LogP contribution in [0.3, 0.4) is 0 Å². The molecule has 2 N–H and O–H groups in total. The molecule has 0 fully saturated rings. The second kappa shape index (κ2) is 8.11. The van der Waals surface area contributed by atoms with Crippen molar-refractivity contribution in [2.75, 3.05) is 13.2 Å². The van der Waals surface area contributed by atoms with Gasteiger partial charge in [0.2, 0.25) is 0 Å². The van der Waals surface area contributed by atoms with Gasteiger partial charge in [-0.1, -0.05) is 20.8 Å². The van der Waals surface area contributed by atoms with Crippen molar-refractivity contribution in [3.05, 3.63) is 21.4 Å². The van der Waals surface area contributed by atoms with Crippen LogP contribution in [-0.2, 0) is 12.8 Å². The Balaban J connectivity index is 1.91. The summed E-state index contributed by atoms with van der Waals surface area (Å²) in [7, 11) is 0. The third kappa shape index (κ3) is 4.82. The van der Waals surface area contributed by atoms with Crippen LogP contribution in [0.4, 0.5) is 0 Å². The summed E-state index contributed by atoms with van der Waals surface area (Å²) >= 11 is 1.66. The highest BCUT2D eigenvalue weighted by Crippen LogP contribution is 2.32. The summed E-state index contributed by atoms with van der Waals surface area (Å²) in [5.41, 5.74) is 1.38. The number of nitrogens with one attached hydrogen (secondary N) is 1. The molecule has 0 bridgehead atoms. The molecule has 1 amide bonds. The fourth-order valence-electron chi connectivity index (χ4n) is 3.29. The fraction of sp³-hybridized carbons (Fsp3) is 0.722. The monoisotopic (exact) mass is 323 g/mol. The van der Waals surface area contributed by atoms with E-state index in [1.54, 1.807) is 11.3 Å². The van der Waals surface area contributed by atoms with E-state index in [1.165, 1.54) is 16.9 Å². The summed E-state index contributed by atoms with van der Waals surface area (Å²) in [6.45, 7) is 7.50. The lowest BCUT2D eigenvalue weighted by atomic mass is 9.90. The number of carbonyl (C=O) groups is 1. The third-order valence-electron chi connectivity index (χ3n) is 4.45. The minimum Gasteiger partial charge on any atom is -0.396 e. The first kappa shape index (κ1) is 17.5. The number of carbonyl (C=O) groups excluding carboxylic acids is 1. The van der Waals surface area contributed by atoms with Crippen molar-refractivity contribution in [3.8, 4) is 0 Å². The molecule has 0 aromatic carbocycles. The zero-order valence-electron chi connectivity index (χ0n) is 14.0. The SMILES string of the molecule is CC(C)C[C@@H](CCO)CNC(=O)c1cc2c(s1)CC[C@@H](C)C2. The van der Waals surface area contributed by atoms with Gasteiger partial charge >= 0.3 is 0 Å². The van der Waals surface area contributed by atoms with Gasteiger partial charge in [0, 0.05) is 18.0 Å². The molecular weight excluding hydrogens is 294 g/mol. The van der Waals surface area contributed by atoms with E-state index in [2.05, 4.69) is 32.2 Å². The van der Waals surface area contributed by atoms with Crippen molar-refractivity contribution in [1.82, 2.24) is 5.32 Å². The van der Waals surface area contributed by atoms with Gasteiger partial charge in [0.1, 0.15) is 0 Å². The van der Waals surface area contributed by atoms with Gasteiger partial charge in [0.05, 0.1) is 4.88 Å². The van der Waals surface area contributed by atoms with Gasteiger partial charge in [-0.15, -0.1) is 11.3 Å². The highest BCUT2D eigenvalue weighted by atomic mass is 32.1. The average molecular weight is 324 g/mol. The van der Waals surface area contributed by atoms with Crippen molar-refractivity contribution < 1.29 is 9.90 Å². The Kier molecular flexibility index (Phi) is 6.45. The number of aryl methyl sites for hydroxylation is 1. The van der Waals surface area contributed by atoms with E-state index in [-0.39, 0.29) is 12.5 Å². The number of rotatable bonds is 7.